The number of hydrogen-bond donors (Lipinski definition) is 1. The molecule has 0 aromatic carbocycles. The molecular formula is C13H23N3O3. The van der Waals surface area contributed by atoms with Gasteiger partial charge < -0.3 is 14.9 Å². The number of nitrogens with zero attached hydrogens (tertiary/aromatic N) is 3. The minimum Gasteiger partial charge on any atom is -0.481 e. The number of urea groups is 1. The van der Waals surface area contributed by atoms with Crippen molar-refractivity contribution in [3.63, 3.8) is 0 Å². The van der Waals surface area contributed by atoms with E-state index < -0.39 is 5.97 Å². The summed E-state index contributed by atoms with van der Waals surface area (Å²) in [6.45, 7) is 8.58. The Bertz CT molecular complexity index is 351. The van der Waals surface area contributed by atoms with E-state index in [1.54, 1.807) is 4.90 Å². The fourth-order valence-electron chi connectivity index (χ4n) is 2.94. The molecule has 0 saturated carbocycles. The van der Waals surface area contributed by atoms with Crippen LogP contribution in [0.5, 0.6) is 0 Å². The van der Waals surface area contributed by atoms with Crippen LogP contribution in [0.25, 0.3) is 0 Å². The van der Waals surface area contributed by atoms with Crippen LogP contribution in [0.1, 0.15) is 20.3 Å². The molecule has 2 rings (SSSR count). The van der Waals surface area contributed by atoms with Gasteiger partial charge in [-0.2, -0.15) is 0 Å². The van der Waals surface area contributed by atoms with Gasteiger partial charge in [0, 0.05) is 32.2 Å². The molecule has 1 unspecified atom stereocenters. The molecule has 19 heavy (non-hydrogen) atoms. The van der Waals surface area contributed by atoms with Crippen molar-refractivity contribution < 1.29 is 14.7 Å². The number of carbonyl (C=O) groups is 2. The molecule has 2 saturated heterocycles. The molecule has 0 radical (unpaired) electrons. The van der Waals surface area contributed by atoms with Gasteiger partial charge in [-0.15, -0.1) is 0 Å². The summed E-state index contributed by atoms with van der Waals surface area (Å²) in [7, 11) is 0. The Kier molecular flexibility index (Phi) is 4.29. The number of amides is 2. The molecule has 2 aliphatic rings. The molecule has 2 aliphatic heterocycles. The predicted molar refractivity (Wildman–Crippen MR) is 71.0 cm³/mol. The Morgan fingerprint density at radius 3 is 2.32 bits per heavy atom. The first kappa shape index (κ1) is 14.1. The Morgan fingerprint density at radius 2 is 1.79 bits per heavy atom. The van der Waals surface area contributed by atoms with Gasteiger partial charge in [0.1, 0.15) is 0 Å². The van der Waals surface area contributed by atoms with E-state index in [0.29, 0.717) is 19.1 Å². The van der Waals surface area contributed by atoms with Crippen molar-refractivity contribution in [2.75, 3.05) is 39.3 Å². The third-order valence-electron chi connectivity index (χ3n) is 4.26. The summed E-state index contributed by atoms with van der Waals surface area (Å²) in [5.41, 5.74) is 0. The van der Waals surface area contributed by atoms with Gasteiger partial charge in [-0.25, -0.2) is 4.79 Å². The number of carboxylic acids is 1. The highest BCUT2D eigenvalue weighted by atomic mass is 16.4. The number of rotatable bonds is 4. The van der Waals surface area contributed by atoms with Crippen LogP contribution in [0, 0.1) is 5.92 Å². The minimum absolute atomic E-state index is 0.00663. The number of carbonyl (C=O) groups excluding carboxylic acids is 1. The topological polar surface area (TPSA) is 64.1 Å². The number of hydrogen-bond acceptors (Lipinski definition) is 3. The molecule has 0 spiro atoms. The smallest absolute Gasteiger partial charge is 0.320 e. The highest BCUT2D eigenvalue weighted by Crippen LogP contribution is 2.22. The largest absolute Gasteiger partial charge is 0.481 e. The monoisotopic (exact) mass is 269 g/mol. The van der Waals surface area contributed by atoms with Gasteiger partial charge in [0.2, 0.25) is 0 Å². The van der Waals surface area contributed by atoms with Crippen molar-refractivity contribution in [3.05, 3.63) is 0 Å². The van der Waals surface area contributed by atoms with Crippen LogP contribution in [0.4, 0.5) is 4.79 Å². The van der Waals surface area contributed by atoms with Gasteiger partial charge in [-0.1, -0.05) is 13.8 Å². The van der Waals surface area contributed by atoms with Crippen molar-refractivity contribution in [1.29, 1.82) is 0 Å². The van der Waals surface area contributed by atoms with Crippen LogP contribution in [0.15, 0.2) is 0 Å². The molecule has 0 aliphatic carbocycles. The van der Waals surface area contributed by atoms with Crippen molar-refractivity contribution >= 4 is 12.0 Å². The molecule has 0 aromatic rings. The molecule has 1 atom stereocenters. The second-order valence-corrected chi connectivity index (χ2v) is 5.33. The van der Waals surface area contributed by atoms with Gasteiger partial charge in [-0.3, -0.25) is 9.69 Å². The first-order chi connectivity index (χ1) is 9.06. The van der Waals surface area contributed by atoms with Crippen LogP contribution in [-0.2, 0) is 4.79 Å². The fraction of sp³-hybridized carbons (Fsp3) is 0.846. The first-order valence-electron chi connectivity index (χ1n) is 7.07. The number of likely N-dealkylation sites (tertiary alicyclic amines) is 2. The lowest BCUT2D eigenvalue weighted by Gasteiger charge is -2.39. The molecule has 0 aromatic heterocycles. The maximum absolute atomic E-state index is 12.2. The van der Waals surface area contributed by atoms with Crippen LogP contribution in [0.2, 0.25) is 0 Å². The van der Waals surface area contributed by atoms with E-state index in [-0.39, 0.29) is 11.9 Å². The van der Waals surface area contributed by atoms with E-state index in [9.17, 15) is 9.59 Å². The standard InChI is InChI=1S/C13H23N3O3/c1-3-14(4-2)11-5-6-15(9-11)13(19)16-7-10(8-16)12(17)18/h10-11H,3-9H2,1-2H3,(H,17,18). The molecule has 1 N–H and O–H groups in total. The normalized spacial score (nSPS) is 23.8. The lowest BCUT2D eigenvalue weighted by Crippen LogP contribution is -2.57. The quantitative estimate of drug-likeness (QED) is 0.809. The Labute approximate surface area is 114 Å². The number of likely N-dealkylation sites (N-methyl/N-ethyl adjacent to an activating group) is 1. The van der Waals surface area contributed by atoms with Crippen LogP contribution in [0.3, 0.4) is 0 Å². The summed E-state index contributed by atoms with van der Waals surface area (Å²) in [5, 5.41) is 8.82. The highest BCUT2D eigenvalue weighted by molar-refractivity contribution is 5.80. The Balaban J connectivity index is 1.81. The van der Waals surface area contributed by atoms with Crippen molar-refractivity contribution in [2.45, 2.75) is 26.3 Å². The van der Waals surface area contributed by atoms with E-state index in [4.69, 9.17) is 5.11 Å². The molecule has 2 heterocycles. The van der Waals surface area contributed by atoms with Gasteiger partial charge in [0.15, 0.2) is 0 Å². The highest BCUT2D eigenvalue weighted by Gasteiger charge is 2.39. The van der Waals surface area contributed by atoms with E-state index in [2.05, 4.69) is 18.7 Å². The van der Waals surface area contributed by atoms with Gasteiger partial charge in [0.05, 0.1) is 5.92 Å². The van der Waals surface area contributed by atoms with Crippen molar-refractivity contribution in [3.8, 4) is 0 Å². The maximum Gasteiger partial charge on any atom is 0.320 e. The van der Waals surface area contributed by atoms with Gasteiger partial charge in [0.25, 0.3) is 0 Å². The average Bonchev–Trinajstić information content (AvgIpc) is 2.77. The summed E-state index contributed by atoms with van der Waals surface area (Å²) >= 11 is 0. The number of aliphatic carboxylic acids is 1. The zero-order valence-electron chi connectivity index (χ0n) is 11.7. The average molecular weight is 269 g/mol. The van der Waals surface area contributed by atoms with E-state index in [0.717, 1.165) is 32.6 Å². The molecule has 2 amide bonds. The Morgan fingerprint density at radius 1 is 1.16 bits per heavy atom. The minimum atomic E-state index is -0.800. The molecule has 2 fully saturated rings. The van der Waals surface area contributed by atoms with Crippen molar-refractivity contribution in [2.24, 2.45) is 5.92 Å². The van der Waals surface area contributed by atoms with Crippen molar-refractivity contribution in [1.82, 2.24) is 14.7 Å². The third-order valence-corrected chi connectivity index (χ3v) is 4.26. The fourth-order valence-corrected chi connectivity index (χ4v) is 2.94. The second kappa shape index (κ2) is 5.77. The maximum atomic E-state index is 12.2. The summed E-state index contributed by atoms with van der Waals surface area (Å²) in [4.78, 5) is 28.8. The third kappa shape index (κ3) is 2.83. The molecule has 108 valence electrons. The van der Waals surface area contributed by atoms with Gasteiger partial charge in [-0.05, 0) is 19.5 Å². The molecular weight excluding hydrogens is 246 g/mol. The van der Waals surface area contributed by atoms with E-state index in [1.165, 1.54) is 0 Å². The lowest BCUT2D eigenvalue weighted by atomic mass is 10.0. The summed E-state index contributed by atoms with van der Waals surface area (Å²) in [6.07, 6.45) is 1.02. The number of carboxylic acid groups (broad SMARTS) is 1. The van der Waals surface area contributed by atoms with Gasteiger partial charge >= 0.3 is 12.0 Å². The Hall–Kier alpha value is -1.30. The van der Waals surface area contributed by atoms with E-state index >= 15 is 0 Å². The molecule has 6 heteroatoms. The zero-order valence-corrected chi connectivity index (χ0v) is 11.7. The summed E-state index contributed by atoms with van der Waals surface area (Å²) in [5.74, 6) is -1.17. The predicted octanol–water partition coefficient (Wildman–Crippen LogP) is 0.539. The second-order valence-electron chi connectivity index (χ2n) is 5.33. The molecule has 6 nitrogen and oxygen atoms in total. The van der Waals surface area contributed by atoms with Crippen LogP contribution < -0.4 is 0 Å². The summed E-state index contributed by atoms with van der Waals surface area (Å²) < 4.78 is 0. The van der Waals surface area contributed by atoms with Crippen LogP contribution >= 0.6 is 0 Å². The SMILES string of the molecule is CCN(CC)C1CCN(C(=O)N2CC(C(=O)O)C2)C1. The molecule has 0 bridgehead atoms. The lowest BCUT2D eigenvalue weighted by molar-refractivity contribution is -0.146. The zero-order chi connectivity index (χ0) is 14.0. The summed E-state index contributed by atoms with van der Waals surface area (Å²) in [6, 6.07) is 0.461. The first-order valence-corrected chi connectivity index (χ1v) is 7.07. The van der Waals surface area contributed by atoms with Crippen LogP contribution in [-0.4, -0.2) is 77.1 Å². The van der Waals surface area contributed by atoms with E-state index in [1.807, 2.05) is 4.90 Å².